The lowest BCUT2D eigenvalue weighted by molar-refractivity contribution is 0.0172. The fourth-order valence-corrected chi connectivity index (χ4v) is 4.02. The highest BCUT2D eigenvalue weighted by Gasteiger charge is 2.33. The summed E-state index contributed by atoms with van der Waals surface area (Å²) in [5.41, 5.74) is 1.27. The smallest absolute Gasteiger partial charge is 0.410 e. The predicted molar refractivity (Wildman–Crippen MR) is 108 cm³/mol. The Bertz CT molecular complexity index is 779. The second-order valence-electron chi connectivity index (χ2n) is 8.77. The van der Waals surface area contributed by atoms with Gasteiger partial charge in [0.15, 0.2) is 5.78 Å². The van der Waals surface area contributed by atoms with Crippen LogP contribution >= 0.6 is 0 Å². The number of carbonyl (C=O) groups is 2. The number of allylic oxidation sites excluding steroid dienone is 2. The molecule has 0 radical (unpaired) electrons. The lowest BCUT2D eigenvalue weighted by Crippen LogP contribution is -2.44. The summed E-state index contributed by atoms with van der Waals surface area (Å²) in [6.45, 7) is 6.39. The van der Waals surface area contributed by atoms with Crippen molar-refractivity contribution < 1.29 is 18.7 Å². The third-order valence-electron chi connectivity index (χ3n) is 5.34. The zero-order valence-electron chi connectivity index (χ0n) is 17.1. The molecule has 1 atom stereocenters. The summed E-state index contributed by atoms with van der Waals surface area (Å²) >= 11 is 0. The first-order valence-electron chi connectivity index (χ1n) is 10.3. The number of amides is 1. The molecule has 0 spiro atoms. The van der Waals surface area contributed by atoms with Crippen LogP contribution < -0.4 is 0 Å². The predicted octanol–water partition coefficient (Wildman–Crippen LogP) is 5.61. The second-order valence-corrected chi connectivity index (χ2v) is 8.77. The molecule has 5 heteroatoms. The highest BCUT2D eigenvalue weighted by atomic mass is 19.1. The van der Waals surface area contributed by atoms with E-state index in [0.717, 1.165) is 37.7 Å². The summed E-state index contributed by atoms with van der Waals surface area (Å²) in [4.78, 5) is 27.3. The summed E-state index contributed by atoms with van der Waals surface area (Å²) in [6, 6.07) is 4.75. The molecule has 1 unspecified atom stereocenters. The molecule has 2 aliphatic rings. The number of likely N-dealkylation sites (tertiary alicyclic amines) is 1. The Kier molecular flexibility index (Phi) is 6.21. The largest absolute Gasteiger partial charge is 0.444 e. The molecule has 0 bridgehead atoms. The Morgan fingerprint density at radius 1 is 1.18 bits per heavy atom. The molecule has 0 N–H and O–H groups in total. The Hall–Kier alpha value is -2.17. The van der Waals surface area contributed by atoms with Crippen molar-refractivity contribution in [1.29, 1.82) is 0 Å². The van der Waals surface area contributed by atoms with Gasteiger partial charge in [0.1, 0.15) is 11.4 Å². The summed E-state index contributed by atoms with van der Waals surface area (Å²) in [5, 5.41) is 0. The van der Waals surface area contributed by atoms with E-state index in [1.54, 1.807) is 17.0 Å². The summed E-state index contributed by atoms with van der Waals surface area (Å²) < 4.78 is 20.1. The van der Waals surface area contributed by atoms with Crippen LogP contribution in [0.2, 0.25) is 0 Å². The summed E-state index contributed by atoms with van der Waals surface area (Å²) in [6.07, 6.45) is 6.96. The van der Waals surface area contributed by atoms with E-state index in [-0.39, 0.29) is 23.6 Å². The van der Waals surface area contributed by atoms with E-state index in [2.05, 4.69) is 6.08 Å². The lowest BCUT2D eigenvalue weighted by atomic mass is 9.84. The average molecular weight is 387 g/mol. The Morgan fingerprint density at radius 3 is 2.64 bits per heavy atom. The van der Waals surface area contributed by atoms with Crippen molar-refractivity contribution in [3.63, 3.8) is 0 Å². The van der Waals surface area contributed by atoms with Gasteiger partial charge in [-0.05, 0) is 70.9 Å². The number of halogens is 1. The second kappa shape index (κ2) is 8.46. The number of Topliss-reactive ketones (excluding diaryl/α,β-unsaturated/α-hetero) is 1. The molecular formula is C23H30FNO3. The van der Waals surface area contributed by atoms with Crippen molar-refractivity contribution in [2.24, 2.45) is 5.92 Å². The molecule has 1 amide bonds. The topological polar surface area (TPSA) is 46.6 Å². The molecule has 1 aliphatic heterocycles. The molecule has 152 valence electrons. The van der Waals surface area contributed by atoms with Gasteiger partial charge in [-0.3, -0.25) is 4.79 Å². The number of carbonyl (C=O) groups excluding carboxylic acids is 2. The minimum atomic E-state index is -0.572. The van der Waals surface area contributed by atoms with Gasteiger partial charge >= 0.3 is 6.09 Å². The quantitative estimate of drug-likeness (QED) is 0.633. The Labute approximate surface area is 166 Å². The van der Waals surface area contributed by atoms with Crippen LogP contribution in [0, 0.1) is 11.7 Å². The molecule has 1 aliphatic carbocycles. The van der Waals surface area contributed by atoms with Crippen molar-refractivity contribution in [3.05, 3.63) is 41.2 Å². The lowest BCUT2D eigenvalue weighted by Gasteiger charge is -2.33. The van der Waals surface area contributed by atoms with Crippen LogP contribution in [0.15, 0.2) is 24.3 Å². The number of piperidine rings is 1. The molecule has 1 aromatic rings. The summed E-state index contributed by atoms with van der Waals surface area (Å²) in [7, 11) is 0. The Morgan fingerprint density at radius 2 is 1.96 bits per heavy atom. The zero-order valence-corrected chi connectivity index (χ0v) is 17.1. The van der Waals surface area contributed by atoms with E-state index in [4.69, 9.17) is 4.74 Å². The first-order chi connectivity index (χ1) is 13.3. The van der Waals surface area contributed by atoms with Crippen LogP contribution in [0.5, 0.6) is 0 Å². The van der Waals surface area contributed by atoms with Gasteiger partial charge in [-0.1, -0.05) is 18.2 Å². The van der Waals surface area contributed by atoms with Gasteiger partial charge in [0.05, 0.1) is 0 Å². The molecule has 1 heterocycles. The Balaban J connectivity index is 1.81. The number of nitrogens with zero attached hydrogens (tertiary/aromatic N) is 1. The van der Waals surface area contributed by atoms with Crippen LogP contribution in [-0.4, -0.2) is 35.5 Å². The van der Waals surface area contributed by atoms with Crippen molar-refractivity contribution >= 4 is 17.4 Å². The van der Waals surface area contributed by atoms with Gasteiger partial charge in [0, 0.05) is 30.1 Å². The molecular weight excluding hydrogens is 357 g/mol. The molecule has 1 saturated heterocycles. The highest BCUT2D eigenvalue weighted by Crippen LogP contribution is 2.33. The molecule has 4 nitrogen and oxygen atoms in total. The van der Waals surface area contributed by atoms with Gasteiger partial charge in [-0.25, -0.2) is 9.18 Å². The molecule has 1 fully saturated rings. The minimum Gasteiger partial charge on any atom is -0.444 e. The number of hydrogen-bond donors (Lipinski definition) is 0. The SMILES string of the molecule is CC(C)(C)OC(=O)N1CCCC(C(=O)c2cccc(F)c2C2=CCCCC2)C1. The highest BCUT2D eigenvalue weighted by molar-refractivity contribution is 6.02. The summed E-state index contributed by atoms with van der Waals surface area (Å²) in [5.74, 6) is -0.737. The molecule has 3 rings (SSSR count). The van der Waals surface area contributed by atoms with E-state index in [1.165, 1.54) is 6.07 Å². The monoisotopic (exact) mass is 387 g/mol. The molecule has 1 aromatic carbocycles. The first-order valence-corrected chi connectivity index (χ1v) is 10.3. The van der Waals surface area contributed by atoms with Gasteiger partial charge in [0.2, 0.25) is 0 Å². The van der Waals surface area contributed by atoms with Crippen molar-refractivity contribution in [3.8, 4) is 0 Å². The van der Waals surface area contributed by atoms with Gasteiger partial charge in [-0.2, -0.15) is 0 Å². The molecule has 0 aromatic heterocycles. The van der Waals surface area contributed by atoms with Crippen molar-refractivity contribution in [2.75, 3.05) is 13.1 Å². The number of ether oxygens (including phenoxy) is 1. The minimum absolute atomic E-state index is 0.0748. The maximum atomic E-state index is 14.7. The van der Waals surface area contributed by atoms with Crippen molar-refractivity contribution in [2.45, 2.75) is 64.9 Å². The molecule has 0 saturated carbocycles. The number of ketones is 1. The normalized spacial score (nSPS) is 20.5. The van der Waals surface area contributed by atoms with Crippen LogP contribution in [0.25, 0.3) is 5.57 Å². The van der Waals surface area contributed by atoms with Crippen LogP contribution in [0.4, 0.5) is 9.18 Å². The third kappa shape index (κ3) is 4.81. The van der Waals surface area contributed by atoms with Crippen LogP contribution in [0.3, 0.4) is 0 Å². The zero-order chi connectivity index (χ0) is 20.3. The fraction of sp³-hybridized carbons (Fsp3) is 0.565. The van der Waals surface area contributed by atoms with Crippen LogP contribution in [0.1, 0.15) is 75.2 Å². The van der Waals surface area contributed by atoms with E-state index < -0.39 is 5.60 Å². The number of rotatable bonds is 3. The maximum absolute atomic E-state index is 14.7. The fourth-order valence-electron chi connectivity index (χ4n) is 4.02. The van der Waals surface area contributed by atoms with Gasteiger partial charge in [-0.15, -0.1) is 0 Å². The van der Waals surface area contributed by atoms with E-state index in [0.29, 0.717) is 30.6 Å². The van der Waals surface area contributed by atoms with Crippen LogP contribution in [-0.2, 0) is 4.74 Å². The van der Waals surface area contributed by atoms with E-state index in [1.807, 2.05) is 20.8 Å². The third-order valence-corrected chi connectivity index (χ3v) is 5.34. The number of hydrogen-bond acceptors (Lipinski definition) is 3. The van der Waals surface area contributed by atoms with Crippen molar-refractivity contribution in [1.82, 2.24) is 4.90 Å². The molecule has 28 heavy (non-hydrogen) atoms. The number of benzene rings is 1. The first kappa shape index (κ1) is 20.6. The average Bonchev–Trinajstić information content (AvgIpc) is 2.66. The van der Waals surface area contributed by atoms with E-state index >= 15 is 0 Å². The van der Waals surface area contributed by atoms with Gasteiger partial charge < -0.3 is 9.64 Å². The standard InChI is InChI=1S/C23H30FNO3/c1-23(2,3)28-22(27)25-14-8-11-17(15-25)21(26)18-12-7-13-19(24)20(18)16-9-5-4-6-10-16/h7,9,12-13,17H,4-6,8,10-11,14-15H2,1-3H3. The van der Waals surface area contributed by atoms with Gasteiger partial charge in [0.25, 0.3) is 0 Å². The van der Waals surface area contributed by atoms with E-state index in [9.17, 15) is 14.0 Å². The maximum Gasteiger partial charge on any atom is 0.410 e.